The minimum absolute atomic E-state index is 0.0108. The molecule has 31 heavy (non-hydrogen) atoms. The van der Waals surface area contributed by atoms with Gasteiger partial charge in [-0.2, -0.15) is 0 Å². The van der Waals surface area contributed by atoms with E-state index in [4.69, 9.17) is 4.74 Å². The van der Waals surface area contributed by atoms with Crippen molar-refractivity contribution in [3.63, 3.8) is 0 Å². The van der Waals surface area contributed by atoms with Gasteiger partial charge in [0.2, 0.25) is 11.8 Å². The van der Waals surface area contributed by atoms with E-state index in [9.17, 15) is 9.59 Å². The van der Waals surface area contributed by atoms with E-state index in [1.54, 1.807) is 0 Å². The van der Waals surface area contributed by atoms with Crippen molar-refractivity contribution in [2.24, 2.45) is 34.5 Å². The molecule has 1 aliphatic heterocycles. The molecule has 3 aliphatic carbocycles. The molecule has 2 amide bonds. The molecule has 4 rings (SSSR count). The van der Waals surface area contributed by atoms with Gasteiger partial charge in [0.25, 0.3) is 0 Å². The third kappa shape index (κ3) is 3.83. The molecule has 1 N–H and O–H groups in total. The fourth-order valence-corrected chi connectivity index (χ4v) is 8.44. The van der Waals surface area contributed by atoms with Crippen LogP contribution in [0.25, 0.3) is 0 Å². The molecule has 0 spiro atoms. The fourth-order valence-electron chi connectivity index (χ4n) is 8.44. The number of amides is 2. The van der Waals surface area contributed by atoms with E-state index in [2.05, 4.69) is 31.0 Å². The van der Waals surface area contributed by atoms with Gasteiger partial charge in [-0.1, -0.05) is 20.8 Å². The molecule has 1 saturated heterocycles. The van der Waals surface area contributed by atoms with E-state index in [1.165, 1.54) is 25.7 Å². The van der Waals surface area contributed by atoms with Crippen LogP contribution in [0.3, 0.4) is 0 Å². The summed E-state index contributed by atoms with van der Waals surface area (Å²) in [4.78, 5) is 26.8. The zero-order chi connectivity index (χ0) is 22.8. The number of nitrogens with zero attached hydrogens (tertiary/aromatic N) is 1. The molecular weight excluding hydrogens is 388 g/mol. The van der Waals surface area contributed by atoms with Gasteiger partial charge in [-0.05, 0) is 93.8 Å². The lowest BCUT2D eigenvalue weighted by Crippen LogP contribution is -2.61. The van der Waals surface area contributed by atoms with Crippen LogP contribution in [-0.2, 0) is 14.3 Å². The Morgan fingerprint density at radius 2 is 1.84 bits per heavy atom. The lowest BCUT2D eigenvalue weighted by Gasteiger charge is -2.61. The van der Waals surface area contributed by atoms with Crippen LogP contribution >= 0.6 is 0 Å². The van der Waals surface area contributed by atoms with Crippen molar-refractivity contribution in [1.82, 2.24) is 10.2 Å². The Morgan fingerprint density at radius 3 is 2.52 bits per heavy atom. The molecule has 0 bridgehead atoms. The summed E-state index contributed by atoms with van der Waals surface area (Å²) in [6.45, 7) is 13.4. The minimum Gasteiger partial charge on any atom is -0.368 e. The molecule has 4 aliphatic rings. The number of carbonyl (C=O) groups excluding carboxylic acids is 2. The molecule has 5 nitrogen and oxygen atoms in total. The van der Waals surface area contributed by atoms with E-state index in [-0.39, 0.29) is 35.0 Å². The summed E-state index contributed by atoms with van der Waals surface area (Å²) in [6, 6.07) is 0.409. The first kappa shape index (κ1) is 23.1. The monoisotopic (exact) mass is 432 g/mol. The van der Waals surface area contributed by atoms with Crippen molar-refractivity contribution < 1.29 is 14.3 Å². The summed E-state index contributed by atoms with van der Waals surface area (Å²) < 4.78 is 6.37. The first-order valence-corrected chi connectivity index (χ1v) is 12.5. The summed E-state index contributed by atoms with van der Waals surface area (Å²) in [5.41, 5.74) is 0.179. The molecule has 1 heterocycles. The summed E-state index contributed by atoms with van der Waals surface area (Å²) in [5.74, 6) is 2.90. The maximum absolute atomic E-state index is 12.4. The van der Waals surface area contributed by atoms with Crippen LogP contribution in [0.4, 0.5) is 0 Å². The Balaban J connectivity index is 1.49. The molecule has 0 aromatic carbocycles. The fraction of sp³-hybridized carbons (Fsp3) is 0.923. The van der Waals surface area contributed by atoms with Gasteiger partial charge in [0.1, 0.15) is 6.61 Å². The molecule has 0 unspecified atom stereocenters. The largest absolute Gasteiger partial charge is 0.368 e. The van der Waals surface area contributed by atoms with Gasteiger partial charge in [-0.3, -0.25) is 9.59 Å². The third-order valence-corrected chi connectivity index (χ3v) is 9.70. The summed E-state index contributed by atoms with van der Waals surface area (Å²) in [6.07, 6.45) is 7.90. The predicted molar refractivity (Wildman–Crippen MR) is 122 cm³/mol. The highest BCUT2D eigenvalue weighted by Gasteiger charge is 2.62. The maximum atomic E-state index is 12.4. The number of likely N-dealkylation sites (tertiary alicyclic amines) is 1. The number of nitrogens with one attached hydrogen (secondary N) is 1. The zero-order valence-corrected chi connectivity index (χ0v) is 20.8. The molecule has 3 saturated carbocycles. The molecule has 0 aromatic heterocycles. The average Bonchev–Trinajstić information content (AvgIpc) is 2.92. The highest BCUT2D eigenvalue weighted by molar-refractivity contribution is 5.78. The van der Waals surface area contributed by atoms with Gasteiger partial charge >= 0.3 is 0 Å². The van der Waals surface area contributed by atoms with E-state index < -0.39 is 0 Å². The van der Waals surface area contributed by atoms with Crippen molar-refractivity contribution >= 4 is 11.8 Å². The van der Waals surface area contributed by atoms with Gasteiger partial charge < -0.3 is 15.0 Å². The van der Waals surface area contributed by atoms with E-state index in [0.717, 1.165) is 18.8 Å². The van der Waals surface area contributed by atoms with Gasteiger partial charge in [-0.15, -0.1) is 0 Å². The van der Waals surface area contributed by atoms with E-state index in [1.807, 2.05) is 27.8 Å². The number of fused-ring (bicyclic) bond motifs is 5. The first-order chi connectivity index (χ1) is 14.4. The Hall–Kier alpha value is -1.10. The molecule has 0 aromatic rings. The average molecular weight is 433 g/mol. The van der Waals surface area contributed by atoms with Gasteiger partial charge in [0.15, 0.2) is 0 Å². The number of piperidine rings is 1. The number of rotatable bonds is 3. The topological polar surface area (TPSA) is 58.6 Å². The van der Waals surface area contributed by atoms with Crippen LogP contribution in [-0.4, -0.2) is 48.1 Å². The standard InChI is InChI=1S/C26H44N2O3/c1-16-14-19-17-8-9-20-25(5,13-11-22(30)28(20)7)18(17)10-12-26(19,6)23(16)31-15-21(29)27-24(2,3)4/h16-20,23H,8-15H2,1-7H3,(H,27,29)/t16-,17+,18-,19-,20+,23-,25+,26-/m0/s1. The molecule has 0 radical (unpaired) electrons. The molecule has 8 atom stereocenters. The van der Waals surface area contributed by atoms with Gasteiger partial charge in [-0.25, -0.2) is 0 Å². The van der Waals surface area contributed by atoms with E-state index >= 15 is 0 Å². The van der Waals surface area contributed by atoms with Crippen molar-refractivity contribution in [3.05, 3.63) is 0 Å². The Kier molecular flexibility index (Phi) is 5.76. The van der Waals surface area contributed by atoms with Crippen LogP contribution in [0.1, 0.15) is 86.5 Å². The summed E-state index contributed by atoms with van der Waals surface area (Å²) >= 11 is 0. The summed E-state index contributed by atoms with van der Waals surface area (Å²) in [5, 5.41) is 3.04. The Morgan fingerprint density at radius 1 is 1.13 bits per heavy atom. The lowest BCUT2D eigenvalue weighted by atomic mass is 9.47. The second-order valence-electron chi connectivity index (χ2n) is 12.8. The third-order valence-electron chi connectivity index (χ3n) is 9.70. The van der Waals surface area contributed by atoms with Gasteiger partial charge in [0, 0.05) is 25.0 Å². The van der Waals surface area contributed by atoms with Crippen molar-refractivity contribution in [2.75, 3.05) is 13.7 Å². The quantitative estimate of drug-likeness (QED) is 0.719. The van der Waals surface area contributed by atoms with Gasteiger partial charge in [0.05, 0.1) is 6.10 Å². The number of hydrogen-bond acceptors (Lipinski definition) is 3. The van der Waals surface area contributed by atoms with E-state index in [0.29, 0.717) is 36.1 Å². The normalized spacial score (nSPS) is 45.0. The van der Waals surface area contributed by atoms with Crippen molar-refractivity contribution in [2.45, 2.75) is 104 Å². The summed E-state index contributed by atoms with van der Waals surface area (Å²) in [7, 11) is 2.03. The Bertz CT molecular complexity index is 731. The second-order valence-corrected chi connectivity index (χ2v) is 12.8. The second kappa shape index (κ2) is 7.74. The highest BCUT2D eigenvalue weighted by Crippen LogP contribution is 2.66. The van der Waals surface area contributed by atoms with Crippen molar-refractivity contribution in [3.8, 4) is 0 Å². The SMILES string of the molecule is C[C@H]1C[C@H]2[C@@H]3CC[C@H]4N(C)C(=O)CC[C@]4(C)[C@H]3CC[C@]2(C)[C@H]1OCC(=O)NC(C)(C)C. The minimum atomic E-state index is -0.227. The van der Waals surface area contributed by atoms with Crippen molar-refractivity contribution in [1.29, 1.82) is 0 Å². The molecular formula is C26H44N2O3. The molecule has 4 fully saturated rings. The highest BCUT2D eigenvalue weighted by atomic mass is 16.5. The predicted octanol–water partition coefficient (Wildman–Crippen LogP) is 4.40. The van der Waals surface area contributed by atoms with Crippen LogP contribution < -0.4 is 5.32 Å². The van der Waals surface area contributed by atoms with Crippen LogP contribution in [0.5, 0.6) is 0 Å². The van der Waals surface area contributed by atoms with Crippen LogP contribution in [0, 0.1) is 34.5 Å². The lowest BCUT2D eigenvalue weighted by molar-refractivity contribution is -0.163. The van der Waals surface area contributed by atoms with Crippen LogP contribution in [0.15, 0.2) is 0 Å². The molecule has 176 valence electrons. The Labute approximate surface area is 189 Å². The zero-order valence-electron chi connectivity index (χ0n) is 20.8. The number of ether oxygens (including phenoxy) is 1. The number of hydrogen-bond donors (Lipinski definition) is 1. The smallest absolute Gasteiger partial charge is 0.246 e. The number of carbonyl (C=O) groups is 2. The van der Waals surface area contributed by atoms with Crippen LogP contribution in [0.2, 0.25) is 0 Å². The maximum Gasteiger partial charge on any atom is 0.246 e. The molecule has 5 heteroatoms. The first-order valence-electron chi connectivity index (χ1n) is 12.5.